The predicted octanol–water partition coefficient (Wildman–Crippen LogP) is 6.03. The Balaban J connectivity index is 1.44. The van der Waals surface area contributed by atoms with Crippen LogP contribution in [0.2, 0.25) is 0 Å². The Morgan fingerprint density at radius 3 is 2.97 bits per heavy atom. The van der Waals surface area contributed by atoms with Crippen molar-refractivity contribution in [2.45, 2.75) is 51.7 Å². The van der Waals surface area contributed by atoms with Crippen LogP contribution in [0.5, 0.6) is 0 Å². The average Bonchev–Trinajstić information content (AvgIpc) is 3.31. The van der Waals surface area contributed by atoms with Gasteiger partial charge in [-0.3, -0.25) is 4.79 Å². The molecule has 2 heterocycles. The molecule has 1 aliphatic carbocycles. The second-order valence-electron chi connectivity index (χ2n) is 8.39. The monoisotopic (exact) mass is 439 g/mol. The fraction of sp³-hybridized carbons (Fsp3) is 0.435. The molecular formula is C23H25N3O2S2. The second-order valence-corrected chi connectivity index (χ2v) is 10.4. The molecule has 0 bridgehead atoms. The first-order valence-electron chi connectivity index (χ1n) is 10.2. The molecular weight excluding hydrogens is 414 g/mol. The highest BCUT2D eigenvalue weighted by molar-refractivity contribution is 7.99. The van der Waals surface area contributed by atoms with Crippen LogP contribution in [0, 0.1) is 22.7 Å². The largest absolute Gasteiger partial charge is 0.431 e. The molecule has 1 aromatic carbocycles. The van der Waals surface area contributed by atoms with Gasteiger partial charge in [-0.05, 0) is 48.3 Å². The first-order valence-corrected chi connectivity index (χ1v) is 12.0. The van der Waals surface area contributed by atoms with Crippen LogP contribution < -0.4 is 5.32 Å². The van der Waals surface area contributed by atoms with Crippen LogP contribution in [0.1, 0.15) is 49.6 Å². The SMILES string of the molecule is CCC(C)(C)[C@H]1CCc2c(sc(NC(=O)CSc3nc4ccccc4o3)c2C#N)C1. The molecule has 5 nitrogen and oxygen atoms in total. The molecule has 0 aliphatic heterocycles. The number of benzene rings is 1. The van der Waals surface area contributed by atoms with Gasteiger partial charge in [-0.2, -0.15) is 5.26 Å². The zero-order valence-corrected chi connectivity index (χ0v) is 19.1. The van der Waals surface area contributed by atoms with Crippen LogP contribution in [0.25, 0.3) is 11.1 Å². The van der Waals surface area contributed by atoms with Gasteiger partial charge in [0.15, 0.2) is 5.58 Å². The van der Waals surface area contributed by atoms with Crippen molar-refractivity contribution in [1.29, 1.82) is 5.26 Å². The molecule has 0 saturated carbocycles. The molecule has 1 amide bonds. The molecule has 7 heteroatoms. The summed E-state index contributed by atoms with van der Waals surface area (Å²) in [4.78, 5) is 18.2. The average molecular weight is 440 g/mol. The number of carbonyl (C=O) groups excluding carboxylic acids is 1. The molecule has 30 heavy (non-hydrogen) atoms. The van der Waals surface area contributed by atoms with Gasteiger partial charge >= 0.3 is 0 Å². The van der Waals surface area contributed by atoms with Crippen molar-refractivity contribution in [3.63, 3.8) is 0 Å². The predicted molar refractivity (Wildman–Crippen MR) is 122 cm³/mol. The molecule has 0 fully saturated rings. The minimum absolute atomic E-state index is 0.150. The molecule has 0 saturated heterocycles. The maximum atomic E-state index is 12.5. The Kier molecular flexibility index (Phi) is 5.90. The molecule has 0 spiro atoms. The number of oxazole rings is 1. The van der Waals surface area contributed by atoms with Crippen molar-refractivity contribution in [2.75, 3.05) is 11.1 Å². The van der Waals surface area contributed by atoms with E-state index in [4.69, 9.17) is 4.42 Å². The van der Waals surface area contributed by atoms with Gasteiger partial charge in [0.25, 0.3) is 5.22 Å². The molecule has 0 unspecified atom stereocenters. The Hall–Kier alpha value is -2.30. The third-order valence-corrected chi connectivity index (χ3v) is 8.25. The van der Waals surface area contributed by atoms with Crippen LogP contribution in [0.15, 0.2) is 33.9 Å². The fourth-order valence-electron chi connectivity index (χ4n) is 3.95. The minimum Gasteiger partial charge on any atom is -0.431 e. The molecule has 0 radical (unpaired) electrons. The van der Waals surface area contributed by atoms with E-state index in [-0.39, 0.29) is 17.1 Å². The van der Waals surface area contributed by atoms with E-state index in [2.05, 4.69) is 37.1 Å². The number of aromatic nitrogens is 1. The van der Waals surface area contributed by atoms with E-state index in [9.17, 15) is 10.1 Å². The summed E-state index contributed by atoms with van der Waals surface area (Å²) >= 11 is 2.83. The number of nitrogens with one attached hydrogen (secondary N) is 1. The summed E-state index contributed by atoms with van der Waals surface area (Å²) in [5.74, 6) is 0.646. The summed E-state index contributed by atoms with van der Waals surface area (Å²) in [6, 6.07) is 9.86. The summed E-state index contributed by atoms with van der Waals surface area (Å²) in [5, 5.41) is 13.8. The van der Waals surface area contributed by atoms with Crippen molar-refractivity contribution >= 4 is 45.1 Å². The molecule has 4 rings (SSSR count). The van der Waals surface area contributed by atoms with E-state index >= 15 is 0 Å². The second kappa shape index (κ2) is 8.44. The Labute approximate surface area is 184 Å². The highest BCUT2D eigenvalue weighted by Gasteiger charge is 2.34. The van der Waals surface area contributed by atoms with Gasteiger partial charge in [-0.1, -0.05) is 51.1 Å². The quantitative estimate of drug-likeness (QED) is 0.474. The van der Waals surface area contributed by atoms with E-state index < -0.39 is 0 Å². The highest BCUT2D eigenvalue weighted by Crippen LogP contribution is 2.45. The van der Waals surface area contributed by atoms with Crippen molar-refractivity contribution in [1.82, 2.24) is 4.98 Å². The van der Waals surface area contributed by atoms with Crippen molar-refractivity contribution in [3.05, 3.63) is 40.3 Å². The zero-order chi connectivity index (χ0) is 21.3. The summed E-state index contributed by atoms with van der Waals surface area (Å²) < 4.78 is 5.66. The van der Waals surface area contributed by atoms with E-state index in [1.54, 1.807) is 11.3 Å². The summed E-state index contributed by atoms with van der Waals surface area (Å²) in [6.07, 6.45) is 4.14. The number of hydrogen-bond donors (Lipinski definition) is 1. The molecule has 1 aliphatic rings. The van der Waals surface area contributed by atoms with Gasteiger partial charge in [0.2, 0.25) is 5.91 Å². The van der Waals surface area contributed by atoms with E-state index in [1.165, 1.54) is 16.6 Å². The lowest BCUT2D eigenvalue weighted by molar-refractivity contribution is -0.113. The smallest absolute Gasteiger partial charge is 0.257 e. The number of carbonyl (C=O) groups is 1. The topological polar surface area (TPSA) is 78.9 Å². The first kappa shape index (κ1) is 21.0. The summed E-state index contributed by atoms with van der Waals surface area (Å²) in [6.45, 7) is 6.89. The molecule has 3 aromatic rings. The minimum atomic E-state index is -0.150. The van der Waals surface area contributed by atoms with Gasteiger partial charge in [0.1, 0.15) is 16.6 Å². The van der Waals surface area contributed by atoms with Crippen molar-refractivity contribution < 1.29 is 9.21 Å². The van der Waals surface area contributed by atoms with Crippen LogP contribution >= 0.6 is 23.1 Å². The Morgan fingerprint density at radius 1 is 1.43 bits per heavy atom. The first-order chi connectivity index (χ1) is 14.4. The number of para-hydroxylation sites is 2. The standard InChI is InChI=1S/C23H25N3O2S2/c1-4-23(2,3)14-9-10-15-16(12-24)21(30-19(15)11-14)26-20(27)13-29-22-25-17-7-5-6-8-18(17)28-22/h5-8,14H,4,9-11,13H2,1-3H3,(H,26,27)/t14-/m0/s1. The number of thiophene rings is 1. The number of amides is 1. The Morgan fingerprint density at radius 2 is 2.23 bits per heavy atom. The van der Waals surface area contributed by atoms with Crippen LogP contribution in [0.4, 0.5) is 5.00 Å². The zero-order valence-electron chi connectivity index (χ0n) is 17.4. The number of nitrogens with zero attached hydrogens (tertiary/aromatic N) is 2. The van der Waals surface area contributed by atoms with Crippen molar-refractivity contribution in [2.24, 2.45) is 11.3 Å². The maximum Gasteiger partial charge on any atom is 0.257 e. The number of anilines is 1. The fourth-order valence-corrected chi connectivity index (χ4v) is 5.88. The number of nitriles is 1. The lowest BCUT2D eigenvalue weighted by Gasteiger charge is -2.36. The van der Waals surface area contributed by atoms with Gasteiger partial charge in [-0.15, -0.1) is 11.3 Å². The lowest BCUT2D eigenvalue weighted by Crippen LogP contribution is -2.28. The van der Waals surface area contributed by atoms with Crippen LogP contribution in [0.3, 0.4) is 0 Å². The third kappa shape index (κ3) is 4.12. The molecule has 2 aromatic heterocycles. The lowest BCUT2D eigenvalue weighted by atomic mass is 9.69. The maximum absolute atomic E-state index is 12.5. The van der Waals surface area contributed by atoms with E-state index in [0.717, 1.165) is 36.8 Å². The van der Waals surface area contributed by atoms with Crippen LogP contribution in [-0.4, -0.2) is 16.6 Å². The van der Waals surface area contributed by atoms with E-state index in [0.29, 0.717) is 27.3 Å². The van der Waals surface area contributed by atoms with Crippen LogP contribution in [-0.2, 0) is 17.6 Å². The number of hydrogen-bond acceptors (Lipinski definition) is 6. The molecule has 1 atom stereocenters. The normalized spacial score (nSPS) is 16.3. The summed E-state index contributed by atoms with van der Waals surface area (Å²) in [5.41, 5.74) is 3.55. The number of rotatable bonds is 6. The number of fused-ring (bicyclic) bond motifs is 2. The highest BCUT2D eigenvalue weighted by atomic mass is 32.2. The number of thioether (sulfide) groups is 1. The molecule has 1 N–H and O–H groups in total. The van der Waals surface area contributed by atoms with Gasteiger partial charge < -0.3 is 9.73 Å². The summed E-state index contributed by atoms with van der Waals surface area (Å²) in [7, 11) is 0. The van der Waals surface area contributed by atoms with Gasteiger partial charge in [0, 0.05) is 4.88 Å². The van der Waals surface area contributed by atoms with Crippen molar-refractivity contribution in [3.8, 4) is 6.07 Å². The molecule has 156 valence electrons. The third-order valence-electron chi connectivity index (χ3n) is 6.25. The van der Waals surface area contributed by atoms with Gasteiger partial charge in [-0.25, -0.2) is 4.98 Å². The Bertz CT molecular complexity index is 1090. The van der Waals surface area contributed by atoms with E-state index in [1.807, 2.05) is 24.3 Å². The van der Waals surface area contributed by atoms with Gasteiger partial charge in [0.05, 0.1) is 11.3 Å².